The van der Waals surface area contributed by atoms with Crippen molar-refractivity contribution in [2.45, 2.75) is 32.7 Å². The van der Waals surface area contributed by atoms with Crippen molar-refractivity contribution in [2.75, 3.05) is 6.61 Å². The molecule has 1 aromatic rings. The minimum Gasteiger partial charge on any atom is -0.494 e. The van der Waals surface area contributed by atoms with E-state index in [4.69, 9.17) is 9.84 Å². The van der Waals surface area contributed by atoms with Gasteiger partial charge in [0.2, 0.25) is 5.91 Å². The molecular formula is C15H19NO5. The Morgan fingerprint density at radius 1 is 1.24 bits per heavy atom. The summed E-state index contributed by atoms with van der Waals surface area (Å²) < 4.78 is 5.44. The number of amides is 1. The van der Waals surface area contributed by atoms with Crippen LogP contribution in [-0.4, -0.2) is 35.4 Å². The predicted molar refractivity (Wildman–Crippen MR) is 76.4 cm³/mol. The molecule has 0 aliphatic carbocycles. The number of rotatable bonds is 8. The summed E-state index contributed by atoms with van der Waals surface area (Å²) in [5, 5.41) is 11.0. The second-order valence-corrected chi connectivity index (χ2v) is 4.66. The number of aliphatic carboxylic acids is 1. The molecule has 0 fully saturated rings. The highest BCUT2D eigenvalue weighted by Crippen LogP contribution is 2.13. The molecule has 1 atom stereocenters. The molecule has 0 saturated carbocycles. The van der Waals surface area contributed by atoms with Gasteiger partial charge in [0.1, 0.15) is 11.8 Å². The van der Waals surface area contributed by atoms with Crippen LogP contribution in [0.15, 0.2) is 24.3 Å². The van der Waals surface area contributed by atoms with Gasteiger partial charge in [0, 0.05) is 12.0 Å². The summed E-state index contributed by atoms with van der Waals surface area (Å²) in [5.74, 6) is -0.768. The van der Waals surface area contributed by atoms with Crippen LogP contribution in [0.1, 0.15) is 37.0 Å². The first kappa shape index (κ1) is 16.7. The van der Waals surface area contributed by atoms with E-state index < -0.39 is 12.0 Å². The summed E-state index contributed by atoms with van der Waals surface area (Å²) in [6.07, 6.45) is 0.676. The lowest BCUT2D eigenvalue weighted by molar-refractivity contribution is -0.141. The van der Waals surface area contributed by atoms with E-state index in [-0.39, 0.29) is 18.1 Å². The first-order chi connectivity index (χ1) is 9.90. The zero-order valence-electron chi connectivity index (χ0n) is 12.1. The van der Waals surface area contributed by atoms with Gasteiger partial charge < -0.3 is 15.2 Å². The molecule has 6 heteroatoms. The minimum absolute atomic E-state index is 0.00855. The maximum absolute atomic E-state index is 11.4. The van der Waals surface area contributed by atoms with E-state index >= 15 is 0 Å². The number of ketones is 1. The maximum atomic E-state index is 11.4. The molecule has 0 aliphatic rings. The van der Waals surface area contributed by atoms with Crippen molar-refractivity contribution in [1.29, 1.82) is 0 Å². The number of carboxylic acid groups (broad SMARTS) is 1. The van der Waals surface area contributed by atoms with E-state index in [2.05, 4.69) is 5.32 Å². The number of benzene rings is 1. The molecule has 0 radical (unpaired) electrons. The number of Topliss-reactive ketones (excluding diaryl/α,β-unsaturated/α-hetero) is 1. The van der Waals surface area contributed by atoms with Crippen LogP contribution in [-0.2, 0) is 9.59 Å². The molecule has 1 rings (SSSR count). The number of nitrogens with one attached hydrogen (secondary N) is 1. The first-order valence-corrected chi connectivity index (χ1v) is 6.66. The molecule has 0 saturated heterocycles. The molecule has 114 valence electrons. The zero-order chi connectivity index (χ0) is 15.8. The third-order valence-corrected chi connectivity index (χ3v) is 2.83. The molecule has 0 bridgehead atoms. The first-order valence-electron chi connectivity index (χ1n) is 6.66. The smallest absolute Gasteiger partial charge is 0.325 e. The van der Waals surface area contributed by atoms with Gasteiger partial charge >= 0.3 is 5.97 Å². The molecule has 2 N–H and O–H groups in total. The second kappa shape index (κ2) is 8.04. The van der Waals surface area contributed by atoms with Crippen LogP contribution in [0, 0.1) is 0 Å². The lowest BCUT2D eigenvalue weighted by atomic mass is 10.1. The molecule has 0 spiro atoms. The molecule has 1 aromatic carbocycles. The van der Waals surface area contributed by atoms with Gasteiger partial charge in [-0.3, -0.25) is 14.4 Å². The van der Waals surface area contributed by atoms with Gasteiger partial charge in [0.15, 0.2) is 5.78 Å². The summed E-state index contributed by atoms with van der Waals surface area (Å²) >= 11 is 0. The Morgan fingerprint density at radius 2 is 1.86 bits per heavy atom. The average molecular weight is 293 g/mol. The molecule has 6 nitrogen and oxygen atoms in total. The Kier molecular flexibility index (Phi) is 6.39. The number of hydrogen-bond acceptors (Lipinski definition) is 4. The molecule has 1 amide bonds. The summed E-state index contributed by atoms with van der Waals surface area (Å²) in [5.41, 5.74) is 0.615. The van der Waals surface area contributed by atoms with Crippen molar-refractivity contribution in [3.8, 4) is 5.75 Å². The molecule has 0 aromatic heterocycles. The molecule has 21 heavy (non-hydrogen) atoms. The summed E-state index contributed by atoms with van der Waals surface area (Å²) in [4.78, 5) is 33.1. The quantitative estimate of drug-likeness (QED) is 0.561. The van der Waals surface area contributed by atoms with Crippen LogP contribution in [0.25, 0.3) is 0 Å². The number of carboxylic acids is 1. The van der Waals surface area contributed by atoms with Crippen LogP contribution in [0.4, 0.5) is 0 Å². The largest absolute Gasteiger partial charge is 0.494 e. The van der Waals surface area contributed by atoms with E-state index in [0.717, 1.165) is 0 Å². The van der Waals surface area contributed by atoms with E-state index in [1.54, 1.807) is 24.3 Å². The van der Waals surface area contributed by atoms with Crippen LogP contribution < -0.4 is 10.1 Å². The van der Waals surface area contributed by atoms with Crippen LogP contribution >= 0.6 is 0 Å². The van der Waals surface area contributed by atoms with E-state index in [1.807, 2.05) is 0 Å². The third-order valence-electron chi connectivity index (χ3n) is 2.83. The van der Waals surface area contributed by atoms with Crippen molar-refractivity contribution in [3.05, 3.63) is 29.8 Å². The third kappa shape index (κ3) is 6.07. The molecule has 0 heterocycles. The summed E-state index contributed by atoms with van der Waals surface area (Å²) in [6, 6.07) is 5.86. The van der Waals surface area contributed by atoms with Crippen molar-refractivity contribution >= 4 is 17.7 Å². The van der Waals surface area contributed by atoms with Gasteiger partial charge in [-0.25, -0.2) is 0 Å². The Balaban J connectivity index is 2.26. The van der Waals surface area contributed by atoms with E-state index in [9.17, 15) is 14.4 Å². The topological polar surface area (TPSA) is 92.7 Å². The highest BCUT2D eigenvalue weighted by molar-refractivity contribution is 5.94. The van der Waals surface area contributed by atoms with Crippen molar-refractivity contribution in [1.82, 2.24) is 5.32 Å². The molecule has 1 unspecified atom stereocenters. The number of carbonyl (C=O) groups excluding carboxylic acids is 2. The van der Waals surface area contributed by atoms with Gasteiger partial charge in [0.25, 0.3) is 0 Å². The van der Waals surface area contributed by atoms with Gasteiger partial charge in [-0.2, -0.15) is 0 Å². The fraction of sp³-hybridized carbons (Fsp3) is 0.400. The van der Waals surface area contributed by atoms with Crippen LogP contribution in [0.3, 0.4) is 0 Å². The normalized spacial score (nSPS) is 11.5. The van der Waals surface area contributed by atoms with Crippen LogP contribution in [0.2, 0.25) is 0 Å². The lowest BCUT2D eigenvalue weighted by Crippen LogP contribution is -2.38. The number of ether oxygens (including phenoxy) is 1. The maximum Gasteiger partial charge on any atom is 0.325 e. The van der Waals surface area contributed by atoms with Gasteiger partial charge in [-0.1, -0.05) is 0 Å². The Hall–Kier alpha value is -2.37. The second-order valence-electron chi connectivity index (χ2n) is 4.66. The standard InChI is InChI=1S/C15H19NO5/c1-10(15(19)20)16-14(18)4-3-9-21-13-7-5-12(6-8-13)11(2)17/h5-8,10H,3-4,9H2,1-2H3,(H,16,18)(H,19,20). The van der Waals surface area contributed by atoms with Crippen molar-refractivity contribution < 1.29 is 24.2 Å². The van der Waals surface area contributed by atoms with Gasteiger partial charge in [0.05, 0.1) is 6.61 Å². The SMILES string of the molecule is CC(=O)c1ccc(OCCCC(=O)NC(C)C(=O)O)cc1. The Morgan fingerprint density at radius 3 is 2.38 bits per heavy atom. The van der Waals surface area contributed by atoms with Crippen molar-refractivity contribution in [2.24, 2.45) is 0 Å². The molecular weight excluding hydrogens is 274 g/mol. The highest BCUT2D eigenvalue weighted by Gasteiger charge is 2.13. The van der Waals surface area contributed by atoms with Gasteiger partial charge in [-0.15, -0.1) is 0 Å². The minimum atomic E-state index is -1.06. The Labute approximate surface area is 123 Å². The summed E-state index contributed by atoms with van der Waals surface area (Å²) in [6.45, 7) is 3.24. The average Bonchev–Trinajstić information content (AvgIpc) is 2.44. The zero-order valence-corrected chi connectivity index (χ0v) is 12.1. The fourth-order valence-electron chi connectivity index (χ4n) is 1.58. The van der Waals surface area contributed by atoms with Crippen molar-refractivity contribution in [3.63, 3.8) is 0 Å². The number of hydrogen-bond donors (Lipinski definition) is 2. The fourth-order valence-corrected chi connectivity index (χ4v) is 1.58. The molecule has 0 aliphatic heterocycles. The lowest BCUT2D eigenvalue weighted by Gasteiger charge is -2.09. The Bertz CT molecular complexity index is 509. The highest BCUT2D eigenvalue weighted by atomic mass is 16.5. The monoisotopic (exact) mass is 293 g/mol. The van der Waals surface area contributed by atoms with E-state index in [1.165, 1.54) is 13.8 Å². The van der Waals surface area contributed by atoms with Gasteiger partial charge in [-0.05, 0) is 44.5 Å². The van der Waals surface area contributed by atoms with E-state index in [0.29, 0.717) is 24.3 Å². The number of carbonyl (C=O) groups is 3. The summed E-state index contributed by atoms with van der Waals surface area (Å²) in [7, 11) is 0. The van der Waals surface area contributed by atoms with Crippen LogP contribution in [0.5, 0.6) is 5.75 Å². The predicted octanol–water partition coefficient (Wildman–Crippen LogP) is 1.64.